The third-order valence-electron chi connectivity index (χ3n) is 4.01. The molecule has 0 aliphatic carbocycles. The molecular formula is C18H28N4O4. The number of ether oxygens (including phenoxy) is 1. The molecule has 26 heavy (non-hydrogen) atoms. The van der Waals surface area contributed by atoms with Crippen LogP contribution in [0, 0.1) is 0 Å². The number of hydrogen-bond acceptors (Lipinski definition) is 5. The number of carboxylic acids is 1. The monoisotopic (exact) mass is 364 g/mol. The molecule has 0 saturated heterocycles. The van der Waals surface area contributed by atoms with Crippen molar-refractivity contribution in [3.8, 4) is 0 Å². The van der Waals surface area contributed by atoms with E-state index in [2.05, 4.69) is 9.97 Å². The Balaban J connectivity index is 0.000000263. The smallest absolute Gasteiger partial charge is 0.317 e. The van der Waals surface area contributed by atoms with Crippen LogP contribution < -0.4 is 0 Å². The molecule has 0 spiro atoms. The number of hydrogen-bond donors (Lipinski definition) is 1. The Kier molecular flexibility index (Phi) is 6.72. The molecule has 2 aromatic heterocycles. The molecule has 0 atom stereocenters. The first-order chi connectivity index (χ1) is 11.9. The van der Waals surface area contributed by atoms with Gasteiger partial charge in [-0.3, -0.25) is 9.59 Å². The van der Waals surface area contributed by atoms with Gasteiger partial charge >= 0.3 is 11.9 Å². The van der Waals surface area contributed by atoms with E-state index in [1.54, 1.807) is 44.2 Å². The maximum Gasteiger partial charge on any atom is 0.317 e. The molecule has 0 bridgehead atoms. The Morgan fingerprint density at radius 2 is 1.42 bits per heavy atom. The summed E-state index contributed by atoms with van der Waals surface area (Å²) < 4.78 is 8.53. The zero-order valence-corrected chi connectivity index (χ0v) is 16.5. The third-order valence-corrected chi connectivity index (χ3v) is 4.01. The van der Waals surface area contributed by atoms with Crippen LogP contribution in [-0.4, -0.2) is 42.8 Å². The van der Waals surface area contributed by atoms with Crippen molar-refractivity contribution >= 4 is 11.9 Å². The van der Waals surface area contributed by atoms with Crippen LogP contribution in [0.2, 0.25) is 0 Å². The molecule has 0 amide bonds. The third kappa shape index (κ3) is 4.93. The van der Waals surface area contributed by atoms with Gasteiger partial charge in [-0.1, -0.05) is 0 Å². The van der Waals surface area contributed by atoms with E-state index in [0.717, 1.165) is 5.69 Å². The lowest BCUT2D eigenvalue weighted by molar-refractivity contribution is -0.149. The lowest BCUT2D eigenvalue weighted by atomic mass is 9.90. The summed E-state index contributed by atoms with van der Waals surface area (Å²) >= 11 is 0. The largest absolute Gasteiger partial charge is 0.481 e. The number of aryl methyl sites for hydroxylation is 2. The van der Waals surface area contributed by atoms with E-state index in [0.29, 0.717) is 12.3 Å². The number of carbonyl (C=O) groups excluding carboxylic acids is 1. The molecule has 0 saturated carbocycles. The van der Waals surface area contributed by atoms with Gasteiger partial charge in [0, 0.05) is 26.5 Å². The second kappa shape index (κ2) is 8.16. The summed E-state index contributed by atoms with van der Waals surface area (Å²) in [6, 6.07) is 0. The number of carbonyl (C=O) groups is 2. The zero-order valence-electron chi connectivity index (χ0n) is 16.5. The molecule has 0 fully saturated rings. The summed E-state index contributed by atoms with van der Waals surface area (Å²) in [6.07, 6.45) is 6.82. The van der Waals surface area contributed by atoms with Crippen LogP contribution in [0.5, 0.6) is 0 Å². The van der Waals surface area contributed by atoms with Crippen molar-refractivity contribution in [2.45, 2.75) is 45.4 Å². The first kappa shape index (κ1) is 21.4. The predicted molar refractivity (Wildman–Crippen MR) is 96.7 cm³/mol. The Hall–Kier alpha value is -2.64. The molecule has 0 radical (unpaired) electrons. The average Bonchev–Trinajstić information content (AvgIpc) is 3.17. The lowest BCUT2D eigenvalue weighted by Gasteiger charge is -2.19. The van der Waals surface area contributed by atoms with E-state index < -0.39 is 16.8 Å². The van der Waals surface area contributed by atoms with Crippen molar-refractivity contribution in [3.63, 3.8) is 0 Å². The van der Waals surface area contributed by atoms with Crippen LogP contribution in [-0.2, 0) is 39.3 Å². The molecule has 1 N–H and O–H groups in total. The van der Waals surface area contributed by atoms with Crippen LogP contribution in [0.1, 0.15) is 46.0 Å². The quantitative estimate of drug-likeness (QED) is 0.815. The van der Waals surface area contributed by atoms with Gasteiger partial charge in [0.2, 0.25) is 0 Å². The minimum atomic E-state index is -0.902. The molecule has 2 aromatic rings. The Bertz CT molecular complexity index is 759. The standard InChI is InChI=1S/C10H16N2O2.C8H12N2O2/c1-5-14-9(13)10(2,3)8-6-12(4)7-11-8;1-8(2,7(11)12)6-4-10(3)5-9-6/h6-7H,5H2,1-4H3;4-5H,1-3H3,(H,11,12). The fourth-order valence-electron chi connectivity index (χ4n) is 2.00. The molecule has 0 unspecified atom stereocenters. The summed E-state index contributed by atoms with van der Waals surface area (Å²) in [7, 11) is 3.69. The Morgan fingerprint density at radius 1 is 1.00 bits per heavy atom. The number of aromatic nitrogens is 4. The van der Waals surface area contributed by atoms with Gasteiger partial charge in [-0.15, -0.1) is 0 Å². The van der Waals surface area contributed by atoms with Gasteiger partial charge in [0.25, 0.3) is 0 Å². The van der Waals surface area contributed by atoms with Crippen LogP contribution in [0.4, 0.5) is 0 Å². The van der Waals surface area contributed by atoms with Crippen molar-refractivity contribution < 1.29 is 19.4 Å². The summed E-state index contributed by atoms with van der Waals surface area (Å²) in [4.78, 5) is 30.5. The number of esters is 1. The van der Waals surface area contributed by atoms with Crippen molar-refractivity contribution in [3.05, 3.63) is 36.4 Å². The second-order valence-corrected chi connectivity index (χ2v) is 7.12. The first-order valence-corrected chi connectivity index (χ1v) is 8.30. The molecule has 8 nitrogen and oxygen atoms in total. The fraction of sp³-hybridized carbons (Fsp3) is 0.556. The van der Waals surface area contributed by atoms with Crippen molar-refractivity contribution in [2.75, 3.05) is 6.61 Å². The summed E-state index contributed by atoms with van der Waals surface area (Å²) in [5, 5.41) is 8.85. The van der Waals surface area contributed by atoms with Crippen LogP contribution in [0.15, 0.2) is 25.0 Å². The number of carboxylic acid groups (broad SMARTS) is 1. The molecule has 0 aliphatic rings. The number of rotatable bonds is 5. The highest BCUT2D eigenvalue weighted by atomic mass is 16.5. The predicted octanol–water partition coefficient (Wildman–Crippen LogP) is 2.04. The molecule has 144 valence electrons. The van der Waals surface area contributed by atoms with Gasteiger partial charge in [-0.05, 0) is 34.6 Å². The van der Waals surface area contributed by atoms with Crippen LogP contribution >= 0.6 is 0 Å². The van der Waals surface area contributed by atoms with Gasteiger partial charge in [0.05, 0.1) is 30.6 Å². The van der Waals surface area contributed by atoms with Gasteiger partial charge in [0.15, 0.2) is 0 Å². The summed E-state index contributed by atoms with van der Waals surface area (Å²) in [5.74, 6) is -1.10. The fourth-order valence-corrected chi connectivity index (χ4v) is 2.00. The minimum Gasteiger partial charge on any atom is -0.481 e. The molecule has 8 heteroatoms. The van der Waals surface area contributed by atoms with Gasteiger partial charge < -0.3 is 19.0 Å². The van der Waals surface area contributed by atoms with Gasteiger partial charge in [0.1, 0.15) is 10.8 Å². The maximum atomic E-state index is 11.6. The first-order valence-electron chi connectivity index (χ1n) is 8.30. The maximum absolute atomic E-state index is 11.6. The summed E-state index contributed by atoms with van der Waals surface area (Å²) in [5.41, 5.74) is -0.255. The molecule has 0 aliphatic heterocycles. The highest BCUT2D eigenvalue weighted by Gasteiger charge is 2.33. The number of nitrogens with zero attached hydrogens (tertiary/aromatic N) is 4. The molecule has 2 rings (SSSR count). The average molecular weight is 364 g/mol. The van der Waals surface area contributed by atoms with Crippen molar-refractivity contribution in [1.82, 2.24) is 19.1 Å². The van der Waals surface area contributed by atoms with E-state index in [1.807, 2.05) is 38.7 Å². The van der Waals surface area contributed by atoms with Crippen molar-refractivity contribution in [1.29, 1.82) is 0 Å². The van der Waals surface area contributed by atoms with Crippen LogP contribution in [0.25, 0.3) is 0 Å². The molecular weight excluding hydrogens is 336 g/mol. The van der Waals surface area contributed by atoms with E-state index in [-0.39, 0.29) is 5.97 Å². The SMILES string of the molecule is CCOC(=O)C(C)(C)c1cn(C)cn1.Cn1cnc(C(C)(C)C(=O)O)c1. The van der Waals surface area contributed by atoms with E-state index in [9.17, 15) is 9.59 Å². The topological polar surface area (TPSA) is 99.2 Å². The molecule has 0 aromatic carbocycles. The Morgan fingerprint density at radius 3 is 1.73 bits per heavy atom. The second-order valence-electron chi connectivity index (χ2n) is 7.12. The Labute approximate surface area is 153 Å². The zero-order chi connectivity index (χ0) is 20.1. The number of aliphatic carboxylic acids is 1. The van der Waals surface area contributed by atoms with E-state index >= 15 is 0 Å². The van der Waals surface area contributed by atoms with Gasteiger partial charge in [-0.2, -0.15) is 0 Å². The van der Waals surface area contributed by atoms with E-state index in [1.165, 1.54) is 0 Å². The highest BCUT2D eigenvalue weighted by Crippen LogP contribution is 2.22. The van der Waals surface area contributed by atoms with E-state index in [4.69, 9.17) is 9.84 Å². The van der Waals surface area contributed by atoms with Crippen LogP contribution in [0.3, 0.4) is 0 Å². The van der Waals surface area contributed by atoms with Gasteiger partial charge in [-0.25, -0.2) is 9.97 Å². The normalized spacial score (nSPS) is 11.5. The molecule has 2 heterocycles. The van der Waals surface area contributed by atoms with Crippen molar-refractivity contribution in [2.24, 2.45) is 14.1 Å². The lowest BCUT2D eigenvalue weighted by Crippen LogP contribution is -2.31. The highest BCUT2D eigenvalue weighted by molar-refractivity contribution is 5.81. The summed E-state index contributed by atoms with van der Waals surface area (Å²) in [6.45, 7) is 9.09. The number of imidazole rings is 2. The minimum absolute atomic E-state index is 0.237.